The van der Waals surface area contributed by atoms with Gasteiger partial charge >= 0.3 is 6.09 Å². The lowest BCUT2D eigenvalue weighted by atomic mass is 10.1. The number of halogens is 1. The van der Waals surface area contributed by atoms with Gasteiger partial charge in [-0.3, -0.25) is 4.79 Å². The predicted molar refractivity (Wildman–Crippen MR) is 109 cm³/mol. The summed E-state index contributed by atoms with van der Waals surface area (Å²) in [5, 5.41) is 6.05. The molecule has 0 spiro atoms. The molecule has 0 aliphatic rings. The van der Waals surface area contributed by atoms with Crippen molar-refractivity contribution in [1.82, 2.24) is 20.6 Å². The van der Waals surface area contributed by atoms with Crippen LogP contribution < -0.4 is 15.4 Å². The number of carbonyl (C=O) groups excluding carboxylic acids is 2. The first-order chi connectivity index (χ1) is 13.2. The number of hydrogen-bond acceptors (Lipinski definition) is 6. The van der Waals surface area contributed by atoms with Crippen molar-refractivity contribution in [1.29, 1.82) is 0 Å². The lowest BCUT2D eigenvalue weighted by Crippen LogP contribution is -2.42. The van der Waals surface area contributed by atoms with Crippen molar-refractivity contribution < 1.29 is 14.3 Å². The fourth-order valence-corrected chi connectivity index (χ4v) is 3.36. The zero-order valence-corrected chi connectivity index (χ0v) is 17.1. The summed E-state index contributed by atoms with van der Waals surface area (Å²) in [4.78, 5) is 32.3. The fraction of sp³-hybridized carbons (Fsp3) is 0.263. The summed E-state index contributed by atoms with van der Waals surface area (Å²) >= 11 is 7.07. The standard InChI is InChI=1S/C19H19ClN4O3S/c1-19(2,3)24-17(26)27-18-23-12-8-7-11(9-14(12)28-18)10-21-16(25)13-5-4-6-15(20)22-13/h4-9H,10H2,1-3H3,(H,21,25)(H,24,26). The first-order valence-electron chi connectivity index (χ1n) is 8.50. The molecule has 146 valence electrons. The molecule has 9 heteroatoms. The van der Waals surface area contributed by atoms with Gasteiger partial charge < -0.3 is 15.4 Å². The van der Waals surface area contributed by atoms with Crippen LogP contribution in [0.2, 0.25) is 5.15 Å². The number of nitrogens with one attached hydrogen (secondary N) is 2. The molecule has 0 fully saturated rings. The maximum absolute atomic E-state index is 12.2. The van der Waals surface area contributed by atoms with Crippen LogP contribution in [-0.4, -0.2) is 27.5 Å². The summed E-state index contributed by atoms with van der Waals surface area (Å²) in [6.07, 6.45) is -0.548. The first kappa shape index (κ1) is 20.0. The zero-order chi connectivity index (χ0) is 20.3. The molecule has 0 atom stereocenters. The van der Waals surface area contributed by atoms with Gasteiger partial charge in [0, 0.05) is 12.1 Å². The van der Waals surface area contributed by atoms with Gasteiger partial charge in [-0.1, -0.05) is 35.1 Å². The SMILES string of the molecule is CC(C)(C)NC(=O)Oc1nc2ccc(CNC(=O)c3cccc(Cl)n3)cc2s1. The van der Waals surface area contributed by atoms with E-state index in [9.17, 15) is 9.59 Å². The Hall–Kier alpha value is -2.71. The highest BCUT2D eigenvalue weighted by molar-refractivity contribution is 7.20. The summed E-state index contributed by atoms with van der Waals surface area (Å²) < 4.78 is 6.10. The maximum atomic E-state index is 12.2. The number of nitrogens with zero attached hydrogens (tertiary/aromatic N) is 2. The molecule has 0 aliphatic carbocycles. The molecule has 7 nitrogen and oxygen atoms in total. The van der Waals surface area contributed by atoms with E-state index < -0.39 is 11.6 Å². The summed E-state index contributed by atoms with van der Waals surface area (Å²) in [6, 6.07) is 10.4. The van der Waals surface area contributed by atoms with Gasteiger partial charge in [-0.15, -0.1) is 0 Å². The maximum Gasteiger partial charge on any atom is 0.414 e. The van der Waals surface area contributed by atoms with Crippen LogP contribution in [0.15, 0.2) is 36.4 Å². The van der Waals surface area contributed by atoms with E-state index in [4.69, 9.17) is 16.3 Å². The van der Waals surface area contributed by atoms with Crippen LogP contribution in [0.25, 0.3) is 10.2 Å². The highest BCUT2D eigenvalue weighted by Crippen LogP contribution is 2.28. The van der Waals surface area contributed by atoms with E-state index in [2.05, 4.69) is 20.6 Å². The van der Waals surface area contributed by atoms with E-state index in [1.807, 2.05) is 39.0 Å². The Kier molecular flexibility index (Phi) is 5.81. The van der Waals surface area contributed by atoms with Gasteiger partial charge in [0.2, 0.25) is 0 Å². The van der Waals surface area contributed by atoms with Crippen molar-refractivity contribution in [2.75, 3.05) is 0 Å². The molecule has 0 radical (unpaired) electrons. The molecule has 2 heterocycles. The molecule has 0 unspecified atom stereocenters. The van der Waals surface area contributed by atoms with Gasteiger partial charge in [0.05, 0.1) is 10.2 Å². The number of rotatable bonds is 4. The third-order valence-electron chi connectivity index (χ3n) is 3.49. The van der Waals surface area contributed by atoms with Gasteiger partial charge in [0.25, 0.3) is 11.1 Å². The normalized spacial score (nSPS) is 11.3. The van der Waals surface area contributed by atoms with Crippen LogP contribution in [0.5, 0.6) is 5.19 Å². The van der Waals surface area contributed by atoms with E-state index in [0.717, 1.165) is 15.8 Å². The first-order valence-corrected chi connectivity index (χ1v) is 9.69. The largest absolute Gasteiger partial charge is 0.414 e. The van der Waals surface area contributed by atoms with E-state index in [0.29, 0.717) is 6.54 Å². The second-order valence-electron chi connectivity index (χ2n) is 7.07. The monoisotopic (exact) mass is 418 g/mol. The second-order valence-corrected chi connectivity index (χ2v) is 8.46. The second kappa shape index (κ2) is 8.12. The van der Waals surface area contributed by atoms with Crippen molar-refractivity contribution in [2.24, 2.45) is 0 Å². The van der Waals surface area contributed by atoms with Crippen molar-refractivity contribution in [3.63, 3.8) is 0 Å². The lowest BCUT2D eigenvalue weighted by molar-refractivity contribution is 0.0946. The molecular formula is C19H19ClN4O3S. The van der Waals surface area contributed by atoms with Crippen molar-refractivity contribution in [2.45, 2.75) is 32.9 Å². The number of pyridine rings is 1. The Morgan fingerprint density at radius 1 is 1.18 bits per heavy atom. The number of hydrogen-bond donors (Lipinski definition) is 2. The average molecular weight is 419 g/mol. The quantitative estimate of drug-likeness (QED) is 0.620. The molecule has 2 aromatic heterocycles. The van der Waals surface area contributed by atoms with Crippen LogP contribution >= 0.6 is 22.9 Å². The van der Waals surface area contributed by atoms with E-state index in [-0.39, 0.29) is 21.9 Å². The Balaban J connectivity index is 1.65. The number of carbonyl (C=O) groups is 2. The number of ether oxygens (including phenoxy) is 1. The van der Waals surface area contributed by atoms with Crippen LogP contribution in [-0.2, 0) is 6.54 Å². The minimum Gasteiger partial charge on any atom is -0.381 e. The number of fused-ring (bicyclic) bond motifs is 1. The number of amides is 2. The van der Waals surface area contributed by atoms with Crippen LogP contribution in [0.4, 0.5) is 4.79 Å². The number of thiazole rings is 1. The molecule has 1 aromatic carbocycles. The third-order valence-corrected chi connectivity index (χ3v) is 4.60. The topological polar surface area (TPSA) is 93.2 Å². The number of benzene rings is 1. The van der Waals surface area contributed by atoms with Crippen molar-refractivity contribution in [3.05, 3.63) is 52.8 Å². The molecule has 28 heavy (non-hydrogen) atoms. The molecule has 2 N–H and O–H groups in total. The minimum absolute atomic E-state index is 0.256. The van der Waals surface area contributed by atoms with E-state index >= 15 is 0 Å². The smallest absolute Gasteiger partial charge is 0.381 e. The van der Waals surface area contributed by atoms with Crippen LogP contribution in [0.1, 0.15) is 36.8 Å². The summed E-state index contributed by atoms with van der Waals surface area (Å²) in [5.74, 6) is -0.310. The Morgan fingerprint density at radius 2 is 1.96 bits per heavy atom. The van der Waals surface area contributed by atoms with Gasteiger partial charge in [0.1, 0.15) is 10.8 Å². The summed E-state index contributed by atoms with van der Waals surface area (Å²) in [6.45, 7) is 5.92. The molecule has 0 bridgehead atoms. The summed E-state index contributed by atoms with van der Waals surface area (Å²) in [7, 11) is 0. The highest BCUT2D eigenvalue weighted by Gasteiger charge is 2.17. The van der Waals surface area contributed by atoms with Crippen molar-refractivity contribution in [3.8, 4) is 5.19 Å². The van der Waals surface area contributed by atoms with Gasteiger partial charge in [-0.25, -0.2) is 14.8 Å². The van der Waals surface area contributed by atoms with Gasteiger partial charge in [-0.05, 0) is 50.6 Å². The molecule has 3 aromatic rings. The molecule has 3 rings (SSSR count). The third kappa shape index (κ3) is 5.40. The average Bonchev–Trinajstić information content (AvgIpc) is 2.99. The zero-order valence-electron chi connectivity index (χ0n) is 15.6. The predicted octanol–water partition coefficient (Wildman–Crippen LogP) is 4.16. The van der Waals surface area contributed by atoms with Crippen LogP contribution in [0.3, 0.4) is 0 Å². The lowest BCUT2D eigenvalue weighted by Gasteiger charge is -2.18. The van der Waals surface area contributed by atoms with E-state index in [1.54, 1.807) is 18.2 Å². The Labute approximate surface area is 171 Å². The van der Waals surface area contributed by atoms with Gasteiger partial charge in [-0.2, -0.15) is 0 Å². The molecule has 2 amide bonds. The Bertz CT molecular complexity index is 1030. The Morgan fingerprint density at radius 3 is 2.68 bits per heavy atom. The minimum atomic E-state index is -0.548. The molecule has 0 saturated carbocycles. The molecule has 0 saturated heterocycles. The highest BCUT2D eigenvalue weighted by atomic mass is 35.5. The molecular weight excluding hydrogens is 400 g/mol. The fourth-order valence-electron chi connectivity index (χ4n) is 2.32. The molecule has 0 aliphatic heterocycles. The van der Waals surface area contributed by atoms with Crippen molar-refractivity contribution >= 4 is 45.2 Å². The summed E-state index contributed by atoms with van der Waals surface area (Å²) in [5.41, 5.74) is 1.47. The van der Waals surface area contributed by atoms with Crippen LogP contribution in [0, 0.1) is 0 Å². The van der Waals surface area contributed by atoms with Gasteiger partial charge in [0.15, 0.2) is 0 Å². The number of aromatic nitrogens is 2. The van der Waals surface area contributed by atoms with E-state index in [1.165, 1.54) is 11.3 Å².